The fourth-order valence-corrected chi connectivity index (χ4v) is 4.45. The zero-order chi connectivity index (χ0) is 22.0. The molecule has 0 saturated carbocycles. The van der Waals surface area contributed by atoms with Gasteiger partial charge in [0.25, 0.3) is 0 Å². The highest BCUT2D eigenvalue weighted by molar-refractivity contribution is 6.42. The molecule has 1 atom stereocenters. The first-order valence-corrected chi connectivity index (χ1v) is 11.2. The van der Waals surface area contributed by atoms with E-state index in [0.717, 1.165) is 42.1 Å². The van der Waals surface area contributed by atoms with Crippen LogP contribution in [0.25, 0.3) is 5.69 Å². The van der Waals surface area contributed by atoms with E-state index in [1.165, 1.54) is 5.69 Å². The lowest BCUT2D eigenvalue weighted by Gasteiger charge is -2.18. The molecule has 2 aromatic carbocycles. The highest BCUT2D eigenvalue weighted by Crippen LogP contribution is 2.26. The molecule has 7 heteroatoms. The van der Waals surface area contributed by atoms with E-state index in [0.29, 0.717) is 28.9 Å². The molecule has 1 aliphatic heterocycles. The molecule has 0 aliphatic carbocycles. The van der Waals surface area contributed by atoms with Crippen molar-refractivity contribution in [2.75, 3.05) is 24.5 Å². The standard InChI is InChI=1S/C24H26Cl2N4O/c1-16-21(17(2)30(28-16)20-8-9-22(25)23(26)12-20)13-24(31)27-14-18-10-11-29(15-18)19-6-4-3-5-7-19/h3-9,12,18H,10-11,13-15H2,1-2H3,(H,27,31). The Morgan fingerprint density at radius 1 is 1.10 bits per heavy atom. The fraction of sp³-hybridized carbons (Fsp3) is 0.333. The van der Waals surface area contributed by atoms with Crippen molar-refractivity contribution in [2.24, 2.45) is 5.92 Å². The van der Waals surface area contributed by atoms with Gasteiger partial charge in [-0.15, -0.1) is 0 Å². The van der Waals surface area contributed by atoms with Gasteiger partial charge in [0.1, 0.15) is 0 Å². The Balaban J connectivity index is 1.36. The lowest BCUT2D eigenvalue weighted by molar-refractivity contribution is -0.120. The van der Waals surface area contributed by atoms with Gasteiger partial charge in [-0.25, -0.2) is 4.68 Å². The minimum atomic E-state index is 0.0260. The van der Waals surface area contributed by atoms with Gasteiger partial charge in [0.15, 0.2) is 0 Å². The van der Waals surface area contributed by atoms with Crippen LogP contribution in [0.15, 0.2) is 48.5 Å². The number of halogens is 2. The summed E-state index contributed by atoms with van der Waals surface area (Å²) in [5, 5.41) is 8.72. The maximum absolute atomic E-state index is 12.7. The molecular formula is C24H26Cl2N4O. The topological polar surface area (TPSA) is 50.2 Å². The number of carbonyl (C=O) groups excluding carboxylic acids is 1. The summed E-state index contributed by atoms with van der Waals surface area (Å²) in [4.78, 5) is 15.1. The largest absolute Gasteiger partial charge is 0.371 e. The average Bonchev–Trinajstić information content (AvgIpc) is 3.35. The van der Waals surface area contributed by atoms with Gasteiger partial charge in [0.2, 0.25) is 5.91 Å². The number of nitrogens with one attached hydrogen (secondary N) is 1. The second-order valence-corrected chi connectivity index (χ2v) is 8.89. The summed E-state index contributed by atoms with van der Waals surface area (Å²) in [6.07, 6.45) is 1.40. The normalized spacial score (nSPS) is 16.0. The first kappa shape index (κ1) is 21.7. The zero-order valence-corrected chi connectivity index (χ0v) is 19.2. The number of benzene rings is 2. The number of aromatic nitrogens is 2. The van der Waals surface area contributed by atoms with Crippen molar-refractivity contribution in [3.63, 3.8) is 0 Å². The molecule has 4 rings (SSSR count). The minimum Gasteiger partial charge on any atom is -0.371 e. The Hall–Kier alpha value is -2.50. The summed E-state index contributed by atoms with van der Waals surface area (Å²) in [7, 11) is 0. The highest BCUT2D eigenvalue weighted by Gasteiger charge is 2.23. The number of hydrogen-bond donors (Lipinski definition) is 1. The molecule has 1 aliphatic rings. The zero-order valence-electron chi connectivity index (χ0n) is 17.7. The van der Waals surface area contributed by atoms with Crippen LogP contribution in [0.1, 0.15) is 23.4 Å². The van der Waals surface area contributed by atoms with Crippen molar-refractivity contribution < 1.29 is 4.79 Å². The number of hydrogen-bond acceptors (Lipinski definition) is 3. The number of rotatable bonds is 6. The van der Waals surface area contributed by atoms with E-state index in [1.807, 2.05) is 30.7 Å². The Bertz CT molecular complexity index is 1080. The third-order valence-corrected chi connectivity index (χ3v) is 6.66. The first-order valence-electron chi connectivity index (χ1n) is 10.5. The Morgan fingerprint density at radius 2 is 1.87 bits per heavy atom. The highest BCUT2D eigenvalue weighted by atomic mass is 35.5. The van der Waals surface area contributed by atoms with E-state index in [2.05, 4.69) is 39.6 Å². The van der Waals surface area contributed by atoms with Crippen LogP contribution in [0, 0.1) is 19.8 Å². The first-order chi connectivity index (χ1) is 14.9. The Kier molecular flexibility index (Phi) is 6.54. The van der Waals surface area contributed by atoms with Crippen LogP contribution >= 0.6 is 23.2 Å². The lowest BCUT2D eigenvalue weighted by atomic mass is 10.1. The van der Waals surface area contributed by atoms with Crippen molar-refractivity contribution in [3.8, 4) is 5.69 Å². The summed E-state index contributed by atoms with van der Waals surface area (Å²) < 4.78 is 1.81. The van der Waals surface area contributed by atoms with Crippen molar-refractivity contribution in [1.82, 2.24) is 15.1 Å². The van der Waals surface area contributed by atoms with Gasteiger partial charge in [0, 0.05) is 36.6 Å². The number of aryl methyl sites for hydroxylation is 1. The summed E-state index contributed by atoms with van der Waals surface area (Å²) in [5.41, 5.74) is 4.80. The Morgan fingerprint density at radius 3 is 2.61 bits per heavy atom. The third-order valence-electron chi connectivity index (χ3n) is 5.92. The summed E-state index contributed by atoms with van der Waals surface area (Å²) in [6, 6.07) is 15.8. The predicted octanol–water partition coefficient (Wildman–Crippen LogP) is 4.98. The molecule has 162 valence electrons. The van der Waals surface area contributed by atoms with Crippen LogP contribution in [0.5, 0.6) is 0 Å². The number of para-hydroxylation sites is 1. The van der Waals surface area contributed by atoms with Gasteiger partial charge in [-0.1, -0.05) is 41.4 Å². The molecular weight excluding hydrogens is 431 g/mol. The van der Waals surface area contributed by atoms with E-state index < -0.39 is 0 Å². The molecule has 1 saturated heterocycles. The van der Waals surface area contributed by atoms with Gasteiger partial charge >= 0.3 is 0 Å². The minimum absolute atomic E-state index is 0.0260. The van der Waals surface area contributed by atoms with Gasteiger partial charge in [-0.2, -0.15) is 5.10 Å². The lowest BCUT2D eigenvalue weighted by Crippen LogP contribution is -2.32. The molecule has 0 spiro atoms. The fourth-order valence-electron chi connectivity index (χ4n) is 4.15. The maximum atomic E-state index is 12.7. The average molecular weight is 457 g/mol. The molecule has 5 nitrogen and oxygen atoms in total. The monoisotopic (exact) mass is 456 g/mol. The second-order valence-electron chi connectivity index (χ2n) is 8.08. The van der Waals surface area contributed by atoms with Crippen LogP contribution < -0.4 is 10.2 Å². The molecule has 1 unspecified atom stereocenters. The van der Waals surface area contributed by atoms with Gasteiger partial charge in [-0.05, 0) is 56.5 Å². The van der Waals surface area contributed by atoms with E-state index in [9.17, 15) is 4.79 Å². The maximum Gasteiger partial charge on any atom is 0.224 e. The third kappa shape index (κ3) is 4.89. The molecule has 2 heterocycles. The molecule has 1 fully saturated rings. The van der Waals surface area contributed by atoms with Crippen molar-refractivity contribution in [2.45, 2.75) is 26.7 Å². The quantitative estimate of drug-likeness (QED) is 0.568. The number of anilines is 1. The summed E-state index contributed by atoms with van der Waals surface area (Å²) in [6.45, 7) is 6.59. The van der Waals surface area contributed by atoms with E-state index in [4.69, 9.17) is 23.2 Å². The van der Waals surface area contributed by atoms with Crippen molar-refractivity contribution >= 4 is 34.8 Å². The van der Waals surface area contributed by atoms with Gasteiger partial charge < -0.3 is 10.2 Å². The van der Waals surface area contributed by atoms with E-state index >= 15 is 0 Å². The molecule has 1 N–H and O–H groups in total. The van der Waals surface area contributed by atoms with Crippen LogP contribution in [0.4, 0.5) is 5.69 Å². The molecule has 0 bridgehead atoms. The SMILES string of the molecule is Cc1nn(-c2ccc(Cl)c(Cl)c2)c(C)c1CC(=O)NCC1CCN(c2ccccc2)C1. The molecule has 1 amide bonds. The van der Waals surface area contributed by atoms with Crippen LogP contribution in [-0.2, 0) is 11.2 Å². The van der Waals surface area contributed by atoms with Crippen LogP contribution in [0.3, 0.4) is 0 Å². The second kappa shape index (κ2) is 9.33. The summed E-state index contributed by atoms with van der Waals surface area (Å²) >= 11 is 12.2. The van der Waals surface area contributed by atoms with Crippen LogP contribution in [-0.4, -0.2) is 35.3 Å². The smallest absolute Gasteiger partial charge is 0.224 e. The van der Waals surface area contributed by atoms with Gasteiger partial charge in [-0.3, -0.25) is 4.79 Å². The molecule has 0 radical (unpaired) electrons. The van der Waals surface area contributed by atoms with Gasteiger partial charge in [0.05, 0.1) is 27.8 Å². The molecule has 1 aromatic heterocycles. The van der Waals surface area contributed by atoms with E-state index in [-0.39, 0.29) is 5.91 Å². The number of nitrogens with zero attached hydrogens (tertiary/aromatic N) is 3. The predicted molar refractivity (Wildman–Crippen MR) is 127 cm³/mol. The van der Waals surface area contributed by atoms with Crippen LogP contribution in [0.2, 0.25) is 10.0 Å². The van der Waals surface area contributed by atoms with Crippen molar-refractivity contribution in [3.05, 3.63) is 75.5 Å². The Labute approximate surface area is 193 Å². The van der Waals surface area contributed by atoms with E-state index in [1.54, 1.807) is 12.1 Å². The summed E-state index contributed by atoms with van der Waals surface area (Å²) in [5.74, 6) is 0.489. The molecule has 3 aromatic rings. The number of amides is 1. The van der Waals surface area contributed by atoms with Crippen molar-refractivity contribution in [1.29, 1.82) is 0 Å². The molecule has 31 heavy (non-hydrogen) atoms. The number of carbonyl (C=O) groups is 1.